The minimum atomic E-state index is -3.92. The van der Waals surface area contributed by atoms with Gasteiger partial charge in [0.25, 0.3) is 0 Å². The highest BCUT2D eigenvalue weighted by Gasteiger charge is 2.33. The number of aliphatic hydroxyl groups is 1. The predicted molar refractivity (Wildman–Crippen MR) is 74.0 cm³/mol. The monoisotopic (exact) mass is 302 g/mol. The quantitative estimate of drug-likeness (QED) is 0.822. The molecule has 20 heavy (non-hydrogen) atoms. The topological polar surface area (TPSA) is 83.6 Å². The average Bonchev–Trinajstić information content (AvgIpc) is 2.38. The summed E-state index contributed by atoms with van der Waals surface area (Å²) in [6, 6.07) is 3.84. The molecule has 1 aliphatic heterocycles. The zero-order chi connectivity index (χ0) is 14.9. The lowest BCUT2D eigenvalue weighted by Gasteiger charge is -2.32. The molecule has 3 N–H and O–H groups in total. The molecule has 7 heteroatoms. The zero-order valence-corrected chi connectivity index (χ0v) is 12.1. The van der Waals surface area contributed by atoms with E-state index in [4.69, 9.17) is 5.73 Å². The first-order chi connectivity index (χ1) is 9.34. The third kappa shape index (κ3) is 2.79. The Morgan fingerprint density at radius 1 is 1.40 bits per heavy atom. The highest BCUT2D eigenvalue weighted by molar-refractivity contribution is 7.89. The Balaban J connectivity index is 2.25. The number of nitrogen functional groups attached to an aromatic ring is 1. The molecular weight excluding hydrogens is 283 g/mol. The van der Waals surface area contributed by atoms with E-state index >= 15 is 0 Å². The van der Waals surface area contributed by atoms with Crippen LogP contribution in [0.25, 0.3) is 0 Å². The molecule has 1 saturated heterocycles. The van der Waals surface area contributed by atoms with E-state index in [1.165, 1.54) is 16.4 Å². The van der Waals surface area contributed by atoms with Gasteiger partial charge in [-0.2, -0.15) is 4.31 Å². The van der Waals surface area contributed by atoms with Crippen molar-refractivity contribution in [1.82, 2.24) is 4.31 Å². The van der Waals surface area contributed by atoms with Crippen LogP contribution in [-0.4, -0.2) is 37.0 Å². The van der Waals surface area contributed by atoms with Crippen LogP contribution in [0.2, 0.25) is 0 Å². The van der Waals surface area contributed by atoms with Gasteiger partial charge in [-0.05, 0) is 37.8 Å². The number of piperidine rings is 1. The number of rotatable bonds is 3. The molecule has 0 aliphatic carbocycles. The Morgan fingerprint density at radius 3 is 2.50 bits per heavy atom. The smallest absolute Gasteiger partial charge is 0.248 e. The van der Waals surface area contributed by atoms with Crippen LogP contribution in [0, 0.1) is 11.7 Å². The first kappa shape index (κ1) is 15.2. The average molecular weight is 302 g/mol. The van der Waals surface area contributed by atoms with Gasteiger partial charge >= 0.3 is 0 Å². The summed E-state index contributed by atoms with van der Waals surface area (Å²) in [7, 11) is -3.92. The van der Waals surface area contributed by atoms with Crippen molar-refractivity contribution in [2.24, 2.45) is 5.92 Å². The summed E-state index contributed by atoms with van der Waals surface area (Å²) in [6.45, 7) is 2.24. The number of benzene rings is 1. The lowest BCUT2D eigenvalue weighted by molar-refractivity contribution is 0.0911. The fourth-order valence-electron chi connectivity index (χ4n) is 2.53. The van der Waals surface area contributed by atoms with Crippen molar-refractivity contribution in [2.45, 2.75) is 30.8 Å². The normalized spacial score (nSPS) is 19.9. The van der Waals surface area contributed by atoms with Crippen molar-refractivity contribution >= 4 is 15.7 Å². The van der Waals surface area contributed by atoms with Crippen LogP contribution in [0.1, 0.15) is 19.8 Å². The Hall–Kier alpha value is -1.18. The molecule has 0 radical (unpaired) electrons. The van der Waals surface area contributed by atoms with Crippen molar-refractivity contribution in [3.05, 3.63) is 24.0 Å². The number of halogens is 1. The predicted octanol–water partition coefficient (Wildman–Crippen LogP) is 1.19. The van der Waals surface area contributed by atoms with E-state index in [1.54, 1.807) is 6.92 Å². The maximum Gasteiger partial charge on any atom is 0.248 e. The molecule has 112 valence electrons. The van der Waals surface area contributed by atoms with Crippen LogP contribution in [0.3, 0.4) is 0 Å². The molecule has 1 unspecified atom stereocenters. The van der Waals surface area contributed by atoms with Crippen LogP contribution in [0.15, 0.2) is 23.1 Å². The third-order valence-corrected chi connectivity index (χ3v) is 5.77. The molecule has 1 aromatic rings. The zero-order valence-electron chi connectivity index (χ0n) is 11.3. The molecule has 1 aromatic carbocycles. The summed E-state index contributed by atoms with van der Waals surface area (Å²) in [5.41, 5.74) is 5.52. The second-order valence-electron chi connectivity index (χ2n) is 5.14. The lowest BCUT2D eigenvalue weighted by Crippen LogP contribution is -2.41. The fourth-order valence-corrected chi connectivity index (χ4v) is 4.16. The van der Waals surface area contributed by atoms with E-state index in [2.05, 4.69) is 0 Å². The Kier molecular flexibility index (Phi) is 4.31. The second kappa shape index (κ2) is 5.67. The Morgan fingerprint density at radius 2 is 2.00 bits per heavy atom. The molecule has 0 spiro atoms. The minimum Gasteiger partial charge on any atom is -0.398 e. The molecule has 5 nitrogen and oxygen atoms in total. The molecule has 2 rings (SSSR count). The summed E-state index contributed by atoms with van der Waals surface area (Å²) < 4.78 is 39.9. The third-order valence-electron chi connectivity index (χ3n) is 3.78. The molecule has 0 bridgehead atoms. The van der Waals surface area contributed by atoms with Crippen molar-refractivity contribution in [3.63, 3.8) is 0 Å². The SMILES string of the molecule is CC(O)C1CCN(S(=O)(=O)c2c(N)cccc2F)CC1. The molecular formula is C13H19FN2O3S. The maximum atomic E-state index is 13.8. The van der Waals surface area contributed by atoms with Crippen LogP contribution in [-0.2, 0) is 10.0 Å². The molecule has 1 fully saturated rings. The van der Waals surface area contributed by atoms with Gasteiger partial charge in [-0.25, -0.2) is 12.8 Å². The van der Waals surface area contributed by atoms with Gasteiger partial charge in [0, 0.05) is 13.1 Å². The van der Waals surface area contributed by atoms with Gasteiger partial charge in [0.15, 0.2) is 0 Å². The van der Waals surface area contributed by atoms with Crippen molar-refractivity contribution in [1.29, 1.82) is 0 Å². The number of aliphatic hydroxyl groups excluding tert-OH is 1. The van der Waals surface area contributed by atoms with Gasteiger partial charge < -0.3 is 10.8 Å². The van der Waals surface area contributed by atoms with Crippen LogP contribution >= 0.6 is 0 Å². The van der Waals surface area contributed by atoms with Crippen molar-refractivity contribution in [2.75, 3.05) is 18.8 Å². The second-order valence-corrected chi connectivity index (χ2v) is 7.02. The number of anilines is 1. The number of nitrogens with zero attached hydrogens (tertiary/aromatic N) is 1. The van der Waals surface area contributed by atoms with Gasteiger partial charge in [0.05, 0.1) is 11.8 Å². The summed E-state index contributed by atoms with van der Waals surface area (Å²) in [5.74, 6) is -0.748. The van der Waals surface area contributed by atoms with Gasteiger partial charge in [0.2, 0.25) is 10.0 Å². The van der Waals surface area contributed by atoms with Gasteiger partial charge in [-0.15, -0.1) is 0 Å². The number of nitrogens with two attached hydrogens (primary N) is 1. The first-order valence-corrected chi connectivity index (χ1v) is 8.00. The lowest BCUT2D eigenvalue weighted by atomic mass is 9.93. The largest absolute Gasteiger partial charge is 0.398 e. The number of hydrogen-bond donors (Lipinski definition) is 2. The van der Waals surface area contributed by atoms with E-state index in [9.17, 15) is 17.9 Å². The van der Waals surface area contributed by atoms with E-state index < -0.39 is 26.8 Å². The van der Waals surface area contributed by atoms with Gasteiger partial charge in [-0.3, -0.25) is 0 Å². The Labute approximate surface area is 118 Å². The van der Waals surface area contributed by atoms with E-state index in [0.717, 1.165) is 6.07 Å². The van der Waals surface area contributed by atoms with Gasteiger partial charge in [-0.1, -0.05) is 6.07 Å². The summed E-state index contributed by atoms with van der Waals surface area (Å²) in [6.07, 6.45) is 0.662. The van der Waals surface area contributed by atoms with E-state index in [0.29, 0.717) is 12.8 Å². The molecule has 1 heterocycles. The van der Waals surface area contributed by atoms with Crippen molar-refractivity contribution in [3.8, 4) is 0 Å². The molecule has 0 saturated carbocycles. The highest BCUT2D eigenvalue weighted by atomic mass is 32.2. The molecule has 0 amide bonds. The van der Waals surface area contributed by atoms with Crippen LogP contribution in [0.5, 0.6) is 0 Å². The Bertz CT molecular complexity index is 561. The van der Waals surface area contributed by atoms with E-state index in [1.807, 2.05) is 0 Å². The number of hydrogen-bond acceptors (Lipinski definition) is 4. The standard InChI is InChI=1S/C13H19FN2O3S/c1-9(17)10-5-7-16(8-6-10)20(18,19)13-11(14)3-2-4-12(13)15/h2-4,9-10,17H,5-8,15H2,1H3. The molecule has 0 aromatic heterocycles. The van der Waals surface area contributed by atoms with Gasteiger partial charge in [0.1, 0.15) is 10.7 Å². The minimum absolute atomic E-state index is 0.0809. The summed E-state index contributed by atoms with van der Waals surface area (Å²) in [5, 5.41) is 9.52. The first-order valence-electron chi connectivity index (χ1n) is 6.56. The molecule has 1 atom stereocenters. The maximum absolute atomic E-state index is 13.8. The highest BCUT2D eigenvalue weighted by Crippen LogP contribution is 2.29. The van der Waals surface area contributed by atoms with E-state index in [-0.39, 0.29) is 24.7 Å². The van der Waals surface area contributed by atoms with Crippen molar-refractivity contribution < 1.29 is 17.9 Å². The molecule has 1 aliphatic rings. The summed E-state index contributed by atoms with van der Waals surface area (Å²) in [4.78, 5) is -0.449. The van der Waals surface area contributed by atoms with Crippen LogP contribution < -0.4 is 5.73 Å². The fraction of sp³-hybridized carbons (Fsp3) is 0.538. The summed E-state index contributed by atoms with van der Waals surface area (Å²) >= 11 is 0. The van der Waals surface area contributed by atoms with Crippen LogP contribution in [0.4, 0.5) is 10.1 Å². The number of sulfonamides is 1.